The molecule has 1 saturated heterocycles. The highest BCUT2D eigenvalue weighted by atomic mass is 19.1. The number of benzene rings is 1. The van der Waals surface area contributed by atoms with Gasteiger partial charge in [-0.15, -0.1) is 0 Å². The van der Waals surface area contributed by atoms with E-state index in [9.17, 15) is 18.7 Å². The van der Waals surface area contributed by atoms with E-state index in [0.29, 0.717) is 30.9 Å². The Balaban J connectivity index is 1.63. The Labute approximate surface area is 182 Å². The number of rotatable bonds is 4. The second-order valence-electron chi connectivity index (χ2n) is 7.54. The highest BCUT2D eigenvalue weighted by molar-refractivity contribution is 6.07. The number of carbonyl (C=O) groups is 1. The summed E-state index contributed by atoms with van der Waals surface area (Å²) in [5.41, 5.74) is 12.5. The number of nitrogen functional groups attached to an aromatic ring is 1. The number of pyridine rings is 2. The Morgan fingerprint density at radius 3 is 2.66 bits per heavy atom. The lowest BCUT2D eigenvalue weighted by Gasteiger charge is -2.36. The van der Waals surface area contributed by atoms with Crippen molar-refractivity contribution < 1.29 is 18.7 Å². The Bertz CT molecular complexity index is 1140. The van der Waals surface area contributed by atoms with Crippen molar-refractivity contribution in [2.75, 3.05) is 29.0 Å². The van der Waals surface area contributed by atoms with E-state index in [1.165, 1.54) is 24.4 Å². The summed E-state index contributed by atoms with van der Waals surface area (Å²) in [5.74, 6) is -2.25. The van der Waals surface area contributed by atoms with Gasteiger partial charge in [0.15, 0.2) is 5.69 Å². The van der Waals surface area contributed by atoms with Crippen molar-refractivity contribution in [3.05, 3.63) is 66.1 Å². The van der Waals surface area contributed by atoms with Gasteiger partial charge >= 0.3 is 0 Å². The van der Waals surface area contributed by atoms with E-state index in [4.69, 9.17) is 11.5 Å². The van der Waals surface area contributed by atoms with Crippen molar-refractivity contribution >= 4 is 23.0 Å². The van der Waals surface area contributed by atoms with Gasteiger partial charge < -0.3 is 26.8 Å². The molecule has 0 radical (unpaired) electrons. The standard InChI is InChI=1S/C22H22F2N6O2/c23-12-2-1-3-13(24)20(12)16-5-4-14(25)21(28-16)22(32)29-17-10-27-8-6-18(17)30-9-7-19(31)15(26)11-30/h1-6,8,10,15,19,31H,7,9,11,25-26H2,(H,29,32)/t15-,19-/m1/s1. The molecule has 1 aromatic carbocycles. The molecule has 8 nitrogen and oxygen atoms in total. The molecule has 1 aliphatic heterocycles. The quantitative estimate of drug-likeness (QED) is 0.489. The lowest BCUT2D eigenvalue weighted by Crippen LogP contribution is -2.51. The lowest BCUT2D eigenvalue weighted by atomic mass is 10.0. The monoisotopic (exact) mass is 440 g/mol. The number of nitrogens with one attached hydrogen (secondary N) is 1. The third kappa shape index (κ3) is 4.23. The lowest BCUT2D eigenvalue weighted by molar-refractivity contribution is 0.102. The fraction of sp³-hybridized carbons (Fsp3) is 0.227. The average molecular weight is 440 g/mol. The van der Waals surface area contributed by atoms with Crippen molar-refractivity contribution in [2.24, 2.45) is 5.73 Å². The summed E-state index contributed by atoms with van der Waals surface area (Å²) >= 11 is 0. The zero-order valence-corrected chi connectivity index (χ0v) is 17.0. The molecular formula is C22H22F2N6O2. The third-order valence-corrected chi connectivity index (χ3v) is 5.37. The number of nitrogens with zero attached hydrogens (tertiary/aromatic N) is 3. The predicted octanol–water partition coefficient (Wildman–Crippen LogP) is 2.15. The maximum Gasteiger partial charge on any atom is 0.276 e. The zero-order valence-electron chi connectivity index (χ0n) is 17.0. The molecule has 0 spiro atoms. The molecule has 1 aliphatic rings. The van der Waals surface area contributed by atoms with Gasteiger partial charge in [-0.1, -0.05) is 6.07 Å². The number of piperidine rings is 1. The summed E-state index contributed by atoms with van der Waals surface area (Å²) in [4.78, 5) is 23.1. The van der Waals surface area contributed by atoms with Gasteiger partial charge in [-0.3, -0.25) is 9.78 Å². The third-order valence-electron chi connectivity index (χ3n) is 5.37. The fourth-order valence-corrected chi connectivity index (χ4v) is 3.66. The molecule has 3 heterocycles. The molecular weight excluding hydrogens is 418 g/mol. The number of aliphatic hydroxyl groups is 1. The van der Waals surface area contributed by atoms with E-state index in [1.54, 1.807) is 12.3 Å². The summed E-state index contributed by atoms with van der Waals surface area (Å²) in [5, 5.41) is 12.6. The van der Waals surface area contributed by atoms with Crippen LogP contribution < -0.4 is 21.7 Å². The molecule has 3 aromatic rings. The Morgan fingerprint density at radius 1 is 1.19 bits per heavy atom. The van der Waals surface area contributed by atoms with Gasteiger partial charge in [0.1, 0.15) is 11.6 Å². The van der Waals surface area contributed by atoms with Crippen LogP contribution in [-0.4, -0.2) is 46.2 Å². The molecule has 10 heteroatoms. The molecule has 6 N–H and O–H groups in total. The van der Waals surface area contributed by atoms with Crippen LogP contribution in [0.3, 0.4) is 0 Å². The van der Waals surface area contributed by atoms with E-state index in [2.05, 4.69) is 15.3 Å². The molecule has 0 aliphatic carbocycles. The molecule has 2 aromatic heterocycles. The van der Waals surface area contributed by atoms with Crippen molar-refractivity contribution in [1.29, 1.82) is 0 Å². The van der Waals surface area contributed by atoms with Crippen LogP contribution in [0.2, 0.25) is 0 Å². The smallest absolute Gasteiger partial charge is 0.276 e. The van der Waals surface area contributed by atoms with Crippen molar-refractivity contribution in [2.45, 2.75) is 18.6 Å². The average Bonchev–Trinajstić information content (AvgIpc) is 2.77. The summed E-state index contributed by atoms with van der Waals surface area (Å²) < 4.78 is 28.4. The number of aliphatic hydroxyl groups excluding tert-OH is 1. The highest BCUT2D eigenvalue weighted by Gasteiger charge is 2.27. The van der Waals surface area contributed by atoms with E-state index < -0.39 is 29.7 Å². The second-order valence-corrected chi connectivity index (χ2v) is 7.54. The van der Waals surface area contributed by atoms with Crippen molar-refractivity contribution in [1.82, 2.24) is 9.97 Å². The van der Waals surface area contributed by atoms with Gasteiger partial charge in [0, 0.05) is 25.3 Å². The van der Waals surface area contributed by atoms with Gasteiger partial charge in [-0.25, -0.2) is 13.8 Å². The maximum atomic E-state index is 14.2. The summed E-state index contributed by atoms with van der Waals surface area (Å²) in [7, 11) is 0. The molecule has 1 amide bonds. The van der Waals surface area contributed by atoms with Crippen LogP contribution in [0.5, 0.6) is 0 Å². The normalized spacial score (nSPS) is 18.4. The maximum absolute atomic E-state index is 14.2. The van der Waals surface area contributed by atoms with Crippen molar-refractivity contribution in [3.8, 4) is 11.3 Å². The number of nitrogens with two attached hydrogens (primary N) is 2. The summed E-state index contributed by atoms with van der Waals surface area (Å²) in [6.45, 7) is 0.945. The molecule has 0 unspecified atom stereocenters. The molecule has 32 heavy (non-hydrogen) atoms. The molecule has 2 atom stereocenters. The van der Waals surface area contributed by atoms with E-state index in [1.807, 2.05) is 4.90 Å². The van der Waals surface area contributed by atoms with E-state index >= 15 is 0 Å². The van der Waals surface area contributed by atoms with Gasteiger partial charge in [0.05, 0.1) is 40.6 Å². The summed E-state index contributed by atoms with van der Waals surface area (Å²) in [6.07, 6.45) is 2.95. The number of hydrogen-bond acceptors (Lipinski definition) is 7. The first-order valence-electron chi connectivity index (χ1n) is 10.00. The fourth-order valence-electron chi connectivity index (χ4n) is 3.66. The molecule has 0 bridgehead atoms. The van der Waals surface area contributed by atoms with Gasteiger partial charge in [0.2, 0.25) is 0 Å². The van der Waals surface area contributed by atoms with E-state index in [0.717, 1.165) is 12.1 Å². The number of carbonyl (C=O) groups excluding carboxylic acids is 1. The Hall–Kier alpha value is -3.63. The minimum atomic E-state index is -0.799. The SMILES string of the molecule is Nc1ccc(-c2c(F)cccc2F)nc1C(=O)Nc1cnccc1N1CC[C@@H](O)[C@H](N)C1. The first-order chi connectivity index (χ1) is 15.3. The number of anilines is 3. The van der Waals surface area contributed by atoms with Crippen LogP contribution >= 0.6 is 0 Å². The van der Waals surface area contributed by atoms with Crippen LogP contribution in [0.15, 0.2) is 48.8 Å². The van der Waals surface area contributed by atoms with Crippen LogP contribution in [0.1, 0.15) is 16.9 Å². The number of amides is 1. The number of aromatic nitrogens is 2. The largest absolute Gasteiger partial charge is 0.397 e. The van der Waals surface area contributed by atoms with Gasteiger partial charge in [-0.05, 0) is 36.8 Å². The minimum absolute atomic E-state index is 0.0524. The molecule has 1 fully saturated rings. The number of hydrogen-bond donors (Lipinski definition) is 4. The van der Waals surface area contributed by atoms with Crippen LogP contribution in [-0.2, 0) is 0 Å². The Kier molecular flexibility index (Phi) is 5.97. The van der Waals surface area contributed by atoms with Crippen LogP contribution in [0, 0.1) is 11.6 Å². The van der Waals surface area contributed by atoms with Crippen LogP contribution in [0.25, 0.3) is 11.3 Å². The molecule has 166 valence electrons. The zero-order chi connectivity index (χ0) is 22.8. The summed E-state index contributed by atoms with van der Waals surface area (Å²) in [6, 6.07) is 7.49. The Morgan fingerprint density at radius 2 is 1.94 bits per heavy atom. The predicted molar refractivity (Wildman–Crippen MR) is 117 cm³/mol. The van der Waals surface area contributed by atoms with Gasteiger partial charge in [-0.2, -0.15) is 0 Å². The molecule has 4 rings (SSSR count). The van der Waals surface area contributed by atoms with E-state index in [-0.39, 0.29) is 22.6 Å². The second kappa shape index (κ2) is 8.85. The van der Waals surface area contributed by atoms with Gasteiger partial charge in [0.25, 0.3) is 5.91 Å². The van der Waals surface area contributed by atoms with Crippen LogP contribution in [0.4, 0.5) is 25.8 Å². The first-order valence-corrected chi connectivity index (χ1v) is 10.00. The molecule has 0 saturated carbocycles. The van der Waals surface area contributed by atoms with Crippen molar-refractivity contribution in [3.63, 3.8) is 0 Å². The minimum Gasteiger partial charge on any atom is -0.397 e. The first kappa shape index (κ1) is 21.6. The highest BCUT2D eigenvalue weighted by Crippen LogP contribution is 2.29. The topological polar surface area (TPSA) is 130 Å². The number of halogens is 2.